The molecule has 17 heavy (non-hydrogen) atoms. The van der Waals surface area contributed by atoms with Crippen molar-refractivity contribution in [2.24, 2.45) is 17.6 Å². The number of hydrogen-bond acceptors (Lipinski definition) is 3. The fraction of sp³-hybridized carbons (Fsp3) is 1.00. The van der Waals surface area contributed by atoms with Crippen molar-refractivity contribution in [3.8, 4) is 0 Å². The Morgan fingerprint density at radius 2 is 2.00 bits per heavy atom. The van der Waals surface area contributed by atoms with Crippen LogP contribution < -0.4 is 5.73 Å². The van der Waals surface area contributed by atoms with Crippen molar-refractivity contribution in [1.82, 2.24) is 9.80 Å². The minimum atomic E-state index is 0.667. The summed E-state index contributed by atoms with van der Waals surface area (Å²) in [5, 5.41) is 0. The van der Waals surface area contributed by atoms with Crippen molar-refractivity contribution in [2.75, 3.05) is 39.8 Å². The third kappa shape index (κ3) is 5.36. The van der Waals surface area contributed by atoms with E-state index in [0.717, 1.165) is 12.5 Å². The molecule has 0 aliphatic carbocycles. The molecule has 102 valence electrons. The molecule has 0 aromatic heterocycles. The zero-order valence-electron chi connectivity index (χ0n) is 12.2. The Bertz CT molecular complexity index is 206. The van der Waals surface area contributed by atoms with Crippen LogP contribution >= 0.6 is 0 Å². The lowest BCUT2D eigenvalue weighted by atomic mass is 9.96. The van der Waals surface area contributed by atoms with E-state index in [0.29, 0.717) is 12.0 Å². The number of nitrogens with two attached hydrogens (primary N) is 1. The van der Waals surface area contributed by atoms with E-state index in [1.165, 1.54) is 39.0 Å². The van der Waals surface area contributed by atoms with Gasteiger partial charge in [0.05, 0.1) is 0 Å². The van der Waals surface area contributed by atoms with Gasteiger partial charge in [-0.2, -0.15) is 0 Å². The first kappa shape index (κ1) is 14.9. The van der Waals surface area contributed by atoms with Crippen LogP contribution in [0.4, 0.5) is 0 Å². The maximum Gasteiger partial charge on any atom is 0.0194 e. The first-order valence-electron chi connectivity index (χ1n) is 7.15. The average Bonchev–Trinajstić information content (AvgIpc) is 2.39. The normalized spacial score (nSPS) is 26.1. The second-order valence-corrected chi connectivity index (χ2v) is 6.19. The van der Waals surface area contributed by atoms with Gasteiger partial charge in [-0.3, -0.25) is 4.90 Å². The molecule has 1 aliphatic rings. The summed E-state index contributed by atoms with van der Waals surface area (Å²) in [4.78, 5) is 5.09. The Balaban J connectivity index is 2.46. The van der Waals surface area contributed by atoms with Crippen LogP contribution in [0.3, 0.4) is 0 Å². The molecule has 0 radical (unpaired) electrons. The second kappa shape index (κ2) is 7.34. The van der Waals surface area contributed by atoms with Crippen LogP contribution in [0.1, 0.15) is 33.6 Å². The van der Waals surface area contributed by atoms with Crippen molar-refractivity contribution < 1.29 is 0 Å². The van der Waals surface area contributed by atoms with Crippen LogP contribution in [-0.4, -0.2) is 55.6 Å². The standard InChI is InChI=1S/C14H31N3/c1-12(2)8-14(9-15)11-17-7-5-6-16(4)10-13(17)3/h12-14H,5-11,15H2,1-4H3. The molecule has 1 heterocycles. The second-order valence-electron chi connectivity index (χ2n) is 6.19. The van der Waals surface area contributed by atoms with Gasteiger partial charge in [-0.25, -0.2) is 0 Å². The van der Waals surface area contributed by atoms with E-state index >= 15 is 0 Å². The van der Waals surface area contributed by atoms with Crippen LogP contribution in [-0.2, 0) is 0 Å². The lowest BCUT2D eigenvalue weighted by molar-refractivity contribution is 0.166. The Morgan fingerprint density at radius 1 is 1.29 bits per heavy atom. The quantitative estimate of drug-likeness (QED) is 0.794. The van der Waals surface area contributed by atoms with E-state index in [4.69, 9.17) is 5.73 Å². The topological polar surface area (TPSA) is 32.5 Å². The van der Waals surface area contributed by atoms with E-state index in [1.807, 2.05) is 0 Å². The molecule has 0 spiro atoms. The maximum atomic E-state index is 5.91. The Morgan fingerprint density at radius 3 is 2.59 bits per heavy atom. The Hall–Kier alpha value is -0.120. The van der Waals surface area contributed by atoms with Crippen molar-refractivity contribution >= 4 is 0 Å². The first-order chi connectivity index (χ1) is 8.02. The molecule has 1 rings (SSSR count). The largest absolute Gasteiger partial charge is 0.330 e. The van der Waals surface area contributed by atoms with E-state index < -0.39 is 0 Å². The molecular weight excluding hydrogens is 210 g/mol. The SMILES string of the molecule is CC(C)CC(CN)CN1CCCN(C)CC1C. The molecule has 0 amide bonds. The molecule has 0 aromatic carbocycles. The minimum Gasteiger partial charge on any atom is -0.330 e. The summed E-state index contributed by atoms with van der Waals surface area (Å²) in [5.41, 5.74) is 5.91. The highest BCUT2D eigenvalue weighted by molar-refractivity contribution is 4.78. The number of likely N-dealkylation sites (N-methyl/N-ethyl adjacent to an activating group) is 1. The molecule has 0 bridgehead atoms. The number of hydrogen-bond donors (Lipinski definition) is 1. The van der Waals surface area contributed by atoms with Crippen molar-refractivity contribution in [2.45, 2.75) is 39.7 Å². The van der Waals surface area contributed by atoms with Gasteiger partial charge < -0.3 is 10.6 Å². The summed E-state index contributed by atoms with van der Waals surface area (Å²) in [7, 11) is 2.23. The summed E-state index contributed by atoms with van der Waals surface area (Å²) in [6.07, 6.45) is 2.55. The lowest BCUT2D eigenvalue weighted by Crippen LogP contribution is -2.42. The average molecular weight is 241 g/mol. The fourth-order valence-corrected chi connectivity index (χ4v) is 2.94. The van der Waals surface area contributed by atoms with Gasteiger partial charge in [0.25, 0.3) is 0 Å². The third-order valence-electron chi connectivity index (χ3n) is 3.82. The molecule has 2 unspecified atom stereocenters. The van der Waals surface area contributed by atoms with Gasteiger partial charge in [0.15, 0.2) is 0 Å². The summed E-state index contributed by atoms with van der Waals surface area (Å²) >= 11 is 0. The first-order valence-corrected chi connectivity index (χ1v) is 7.15. The number of nitrogens with zero attached hydrogens (tertiary/aromatic N) is 2. The smallest absolute Gasteiger partial charge is 0.0194 e. The molecule has 0 aromatic rings. The molecule has 0 saturated carbocycles. The predicted molar refractivity (Wildman–Crippen MR) is 75.1 cm³/mol. The van der Waals surface area contributed by atoms with Crippen molar-refractivity contribution in [3.05, 3.63) is 0 Å². The Labute approximate surface area is 107 Å². The minimum absolute atomic E-state index is 0.667. The summed E-state index contributed by atoms with van der Waals surface area (Å²) in [6.45, 7) is 12.6. The molecule has 3 nitrogen and oxygen atoms in total. The molecule has 1 fully saturated rings. The van der Waals surface area contributed by atoms with E-state index in [-0.39, 0.29) is 0 Å². The molecule has 3 heteroatoms. The van der Waals surface area contributed by atoms with Crippen LogP contribution in [0.15, 0.2) is 0 Å². The predicted octanol–water partition coefficient (Wildman–Crippen LogP) is 1.63. The van der Waals surface area contributed by atoms with Crippen molar-refractivity contribution in [3.63, 3.8) is 0 Å². The molecular formula is C14H31N3. The number of rotatable bonds is 5. The zero-order chi connectivity index (χ0) is 12.8. The van der Waals surface area contributed by atoms with Gasteiger partial charge >= 0.3 is 0 Å². The zero-order valence-corrected chi connectivity index (χ0v) is 12.2. The van der Waals surface area contributed by atoms with Gasteiger partial charge in [-0.05, 0) is 58.3 Å². The van der Waals surface area contributed by atoms with Gasteiger partial charge in [0.2, 0.25) is 0 Å². The van der Waals surface area contributed by atoms with Crippen LogP contribution in [0.5, 0.6) is 0 Å². The van der Waals surface area contributed by atoms with E-state index in [2.05, 4.69) is 37.6 Å². The third-order valence-corrected chi connectivity index (χ3v) is 3.82. The highest BCUT2D eigenvalue weighted by Gasteiger charge is 2.22. The Kier molecular flexibility index (Phi) is 6.45. The fourth-order valence-electron chi connectivity index (χ4n) is 2.94. The van der Waals surface area contributed by atoms with Crippen LogP contribution in [0.2, 0.25) is 0 Å². The molecule has 2 N–H and O–H groups in total. The van der Waals surface area contributed by atoms with Crippen LogP contribution in [0, 0.1) is 11.8 Å². The maximum absolute atomic E-state index is 5.91. The monoisotopic (exact) mass is 241 g/mol. The molecule has 2 atom stereocenters. The summed E-state index contributed by atoms with van der Waals surface area (Å²) in [6, 6.07) is 0.670. The highest BCUT2D eigenvalue weighted by Crippen LogP contribution is 2.16. The lowest BCUT2D eigenvalue weighted by Gasteiger charge is -2.31. The van der Waals surface area contributed by atoms with Gasteiger partial charge in [0, 0.05) is 19.1 Å². The summed E-state index contributed by atoms with van der Waals surface area (Å²) in [5.74, 6) is 1.43. The summed E-state index contributed by atoms with van der Waals surface area (Å²) < 4.78 is 0. The van der Waals surface area contributed by atoms with Crippen molar-refractivity contribution in [1.29, 1.82) is 0 Å². The van der Waals surface area contributed by atoms with Gasteiger partial charge in [0.1, 0.15) is 0 Å². The van der Waals surface area contributed by atoms with E-state index in [1.54, 1.807) is 0 Å². The van der Waals surface area contributed by atoms with E-state index in [9.17, 15) is 0 Å². The molecule has 1 aliphatic heterocycles. The van der Waals surface area contributed by atoms with Crippen LogP contribution in [0.25, 0.3) is 0 Å². The van der Waals surface area contributed by atoms with Gasteiger partial charge in [-0.15, -0.1) is 0 Å². The molecule has 1 saturated heterocycles. The highest BCUT2D eigenvalue weighted by atomic mass is 15.2. The van der Waals surface area contributed by atoms with Gasteiger partial charge in [-0.1, -0.05) is 13.8 Å².